The Bertz CT molecular complexity index is 501. The number of halogens is 1. The van der Waals surface area contributed by atoms with Gasteiger partial charge in [-0.15, -0.1) is 0 Å². The van der Waals surface area contributed by atoms with Crippen LogP contribution in [0, 0.1) is 6.92 Å². The Hall–Kier alpha value is -1.17. The van der Waals surface area contributed by atoms with Crippen molar-refractivity contribution in [1.82, 2.24) is 9.36 Å². The van der Waals surface area contributed by atoms with Crippen LogP contribution in [-0.2, 0) is 6.54 Å². The lowest BCUT2D eigenvalue weighted by Crippen LogP contribution is -1.99. The number of benzene rings is 1. The first-order valence-electron chi connectivity index (χ1n) is 4.65. The Labute approximate surface area is 102 Å². The summed E-state index contributed by atoms with van der Waals surface area (Å²) in [5.74, 6) is 1.32. The molecule has 4 nitrogen and oxygen atoms in total. The molecule has 0 unspecified atom stereocenters. The Morgan fingerprint density at radius 2 is 2.31 bits per heavy atom. The smallest absolute Gasteiger partial charge is 0.298 e. The van der Waals surface area contributed by atoms with E-state index in [1.54, 1.807) is 12.1 Å². The minimum Gasteiger partial charge on any atom is -0.429 e. The van der Waals surface area contributed by atoms with Gasteiger partial charge in [-0.3, -0.25) is 0 Å². The van der Waals surface area contributed by atoms with Crippen molar-refractivity contribution >= 4 is 23.1 Å². The van der Waals surface area contributed by atoms with E-state index in [0.29, 0.717) is 28.3 Å². The fourth-order valence-corrected chi connectivity index (χ4v) is 1.92. The van der Waals surface area contributed by atoms with Crippen molar-refractivity contribution in [3.8, 4) is 10.9 Å². The zero-order chi connectivity index (χ0) is 11.5. The molecule has 0 fully saturated rings. The number of ether oxygens (including phenoxy) is 1. The maximum Gasteiger partial charge on any atom is 0.298 e. The predicted molar refractivity (Wildman–Crippen MR) is 64.1 cm³/mol. The van der Waals surface area contributed by atoms with Crippen LogP contribution in [-0.4, -0.2) is 9.36 Å². The number of nitrogens with zero attached hydrogens (tertiary/aromatic N) is 2. The summed E-state index contributed by atoms with van der Waals surface area (Å²) in [6.07, 6.45) is 0. The first-order chi connectivity index (χ1) is 7.69. The van der Waals surface area contributed by atoms with E-state index >= 15 is 0 Å². The predicted octanol–water partition coefficient (Wildman–Crippen LogP) is 2.75. The maximum atomic E-state index is 5.89. The highest BCUT2D eigenvalue weighted by atomic mass is 35.5. The van der Waals surface area contributed by atoms with Crippen LogP contribution in [0.25, 0.3) is 0 Å². The summed E-state index contributed by atoms with van der Waals surface area (Å²) >= 11 is 7.09. The quantitative estimate of drug-likeness (QED) is 0.916. The lowest BCUT2D eigenvalue weighted by molar-refractivity contribution is 0.472. The molecule has 0 amide bonds. The van der Waals surface area contributed by atoms with Gasteiger partial charge in [-0.1, -0.05) is 17.7 Å². The normalized spacial score (nSPS) is 10.4. The molecule has 0 spiro atoms. The van der Waals surface area contributed by atoms with Crippen molar-refractivity contribution in [3.05, 3.63) is 34.6 Å². The molecule has 0 radical (unpaired) electrons. The molecule has 0 bridgehead atoms. The molecule has 6 heteroatoms. The molecule has 0 saturated carbocycles. The van der Waals surface area contributed by atoms with Crippen LogP contribution < -0.4 is 10.5 Å². The van der Waals surface area contributed by atoms with Crippen LogP contribution >= 0.6 is 23.1 Å². The molecule has 0 aliphatic heterocycles. The third kappa shape index (κ3) is 2.49. The third-order valence-corrected chi connectivity index (χ3v) is 2.88. The summed E-state index contributed by atoms with van der Waals surface area (Å²) < 4.78 is 9.61. The van der Waals surface area contributed by atoms with E-state index in [4.69, 9.17) is 22.1 Å². The molecule has 1 aromatic heterocycles. The van der Waals surface area contributed by atoms with Gasteiger partial charge in [0.1, 0.15) is 11.6 Å². The third-order valence-electron chi connectivity index (χ3n) is 1.96. The molecule has 84 valence electrons. The Balaban J connectivity index is 2.29. The van der Waals surface area contributed by atoms with Gasteiger partial charge < -0.3 is 10.5 Å². The zero-order valence-electron chi connectivity index (χ0n) is 8.61. The van der Waals surface area contributed by atoms with E-state index < -0.39 is 0 Å². The molecule has 0 aliphatic carbocycles. The van der Waals surface area contributed by atoms with E-state index in [1.165, 1.54) is 11.5 Å². The van der Waals surface area contributed by atoms with Gasteiger partial charge in [0.25, 0.3) is 5.19 Å². The number of hydrogen-bond acceptors (Lipinski definition) is 5. The van der Waals surface area contributed by atoms with Crippen LogP contribution in [0.15, 0.2) is 18.2 Å². The molecule has 1 aromatic carbocycles. The number of hydrogen-bond donors (Lipinski definition) is 1. The second-order valence-electron chi connectivity index (χ2n) is 3.17. The summed E-state index contributed by atoms with van der Waals surface area (Å²) in [4.78, 5) is 4.11. The number of aromatic nitrogens is 2. The molecular formula is C10H10ClN3OS. The van der Waals surface area contributed by atoms with Gasteiger partial charge in [0, 0.05) is 28.7 Å². The molecule has 2 N–H and O–H groups in total. The Morgan fingerprint density at radius 1 is 1.50 bits per heavy atom. The van der Waals surface area contributed by atoms with Crippen molar-refractivity contribution in [2.75, 3.05) is 0 Å². The minimum absolute atomic E-state index is 0.393. The van der Waals surface area contributed by atoms with Gasteiger partial charge in [0.2, 0.25) is 0 Å². The summed E-state index contributed by atoms with van der Waals surface area (Å²) in [6, 6.07) is 5.34. The van der Waals surface area contributed by atoms with Crippen LogP contribution in [0.3, 0.4) is 0 Å². The number of aryl methyl sites for hydroxylation is 1. The molecule has 0 aliphatic rings. The standard InChI is InChI=1S/C10H10ClN3OS/c1-6-13-10(16-14-6)15-9-4-8(11)3-2-7(9)5-12/h2-4H,5,12H2,1H3. The lowest BCUT2D eigenvalue weighted by atomic mass is 10.2. The number of rotatable bonds is 3. The van der Waals surface area contributed by atoms with Crippen molar-refractivity contribution in [2.24, 2.45) is 5.73 Å². The molecule has 2 rings (SSSR count). The van der Waals surface area contributed by atoms with E-state index in [0.717, 1.165) is 5.56 Å². The monoisotopic (exact) mass is 255 g/mol. The fraction of sp³-hybridized carbons (Fsp3) is 0.200. The second kappa shape index (κ2) is 4.78. The molecule has 0 saturated heterocycles. The topological polar surface area (TPSA) is 61.0 Å². The average molecular weight is 256 g/mol. The van der Waals surface area contributed by atoms with Crippen LogP contribution in [0.5, 0.6) is 10.9 Å². The number of nitrogens with two attached hydrogens (primary N) is 1. The van der Waals surface area contributed by atoms with Gasteiger partial charge in [0.05, 0.1) is 0 Å². The molecule has 16 heavy (non-hydrogen) atoms. The van der Waals surface area contributed by atoms with Crippen molar-refractivity contribution in [2.45, 2.75) is 13.5 Å². The molecule has 0 atom stereocenters. The van der Waals surface area contributed by atoms with Gasteiger partial charge in [-0.2, -0.15) is 9.36 Å². The van der Waals surface area contributed by atoms with Crippen LogP contribution in [0.4, 0.5) is 0 Å². The van der Waals surface area contributed by atoms with E-state index in [9.17, 15) is 0 Å². The summed E-state index contributed by atoms with van der Waals surface area (Å²) in [6.45, 7) is 2.20. The van der Waals surface area contributed by atoms with Crippen LogP contribution in [0.1, 0.15) is 11.4 Å². The summed E-state index contributed by atoms with van der Waals surface area (Å²) in [5.41, 5.74) is 6.49. The van der Waals surface area contributed by atoms with E-state index in [-0.39, 0.29) is 0 Å². The van der Waals surface area contributed by atoms with Crippen molar-refractivity contribution < 1.29 is 4.74 Å². The van der Waals surface area contributed by atoms with Gasteiger partial charge >= 0.3 is 0 Å². The van der Waals surface area contributed by atoms with Gasteiger partial charge in [0.15, 0.2) is 0 Å². The largest absolute Gasteiger partial charge is 0.429 e. The van der Waals surface area contributed by atoms with Crippen molar-refractivity contribution in [3.63, 3.8) is 0 Å². The minimum atomic E-state index is 0.393. The zero-order valence-corrected chi connectivity index (χ0v) is 10.2. The highest BCUT2D eigenvalue weighted by Gasteiger charge is 2.07. The van der Waals surface area contributed by atoms with E-state index in [2.05, 4.69) is 9.36 Å². The lowest BCUT2D eigenvalue weighted by Gasteiger charge is -2.07. The van der Waals surface area contributed by atoms with E-state index in [1.807, 2.05) is 13.0 Å². The first-order valence-corrected chi connectivity index (χ1v) is 5.81. The first kappa shape index (κ1) is 11.3. The van der Waals surface area contributed by atoms with Gasteiger partial charge in [-0.05, 0) is 19.1 Å². The summed E-state index contributed by atoms with van der Waals surface area (Å²) in [5, 5.41) is 1.10. The second-order valence-corrected chi connectivity index (χ2v) is 4.32. The maximum absolute atomic E-state index is 5.89. The SMILES string of the molecule is Cc1nsc(Oc2cc(Cl)ccc2CN)n1. The van der Waals surface area contributed by atoms with Gasteiger partial charge in [-0.25, -0.2) is 0 Å². The highest BCUT2D eigenvalue weighted by molar-refractivity contribution is 7.07. The highest BCUT2D eigenvalue weighted by Crippen LogP contribution is 2.28. The van der Waals surface area contributed by atoms with Crippen molar-refractivity contribution in [1.29, 1.82) is 0 Å². The molecular weight excluding hydrogens is 246 g/mol. The summed E-state index contributed by atoms with van der Waals surface area (Å²) in [7, 11) is 0. The Morgan fingerprint density at radius 3 is 2.94 bits per heavy atom. The fourth-order valence-electron chi connectivity index (χ4n) is 1.21. The average Bonchev–Trinajstić information content (AvgIpc) is 2.64. The molecule has 2 aromatic rings. The Kier molecular flexibility index (Phi) is 3.38. The van der Waals surface area contributed by atoms with Crippen LogP contribution in [0.2, 0.25) is 5.02 Å². The molecule has 1 heterocycles.